The number of anilines is 1. The topological polar surface area (TPSA) is 105 Å². The van der Waals surface area contributed by atoms with E-state index in [4.69, 9.17) is 4.42 Å². The maximum Gasteiger partial charge on any atom is 0.322 e. The average Bonchev–Trinajstić information content (AvgIpc) is 3.30. The Kier molecular flexibility index (Phi) is 7.13. The van der Waals surface area contributed by atoms with Crippen LogP contribution in [0.4, 0.5) is 6.01 Å². The quantitative estimate of drug-likeness (QED) is 0.511. The summed E-state index contributed by atoms with van der Waals surface area (Å²) >= 11 is 0. The normalized spacial score (nSPS) is 14.9. The lowest BCUT2D eigenvalue weighted by atomic mass is 9.95. The zero-order chi connectivity index (χ0) is 24.3. The van der Waals surface area contributed by atoms with E-state index in [1.807, 2.05) is 39.0 Å². The van der Waals surface area contributed by atoms with Crippen LogP contribution in [0.25, 0.3) is 11.5 Å². The summed E-state index contributed by atoms with van der Waals surface area (Å²) in [6.45, 7) is 6.31. The molecule has 1 aliphatic rings. The number of sulfonamides is 1. The van der Waals surface area contributed by atoms with Crippen LogP contribution in [0, 0.1) is 13.8 Å². The molecule has 1 aromatic heterocycles. The molecule has 1 heterocycles. The van der Waals surface area contributed by atoms with Crippen molar-refractivity contribution in [1.29, 1.82) is 0 Å². The van der Waals surface area contributed by atoms with E-state index < -0.39 is 15.9 Å². The fraction of sp³-hybridized carbons (Fsp3) is 0.400. The van der Waals surface area contributed by atoms with E-state index in [0.29, 0.717) is 18.0 Å². The minimum Gasteiger partial charge on any atom is -0.403 e. The second kappa shape index (κ2) is 10.1. The third-order valence-corrected chi connectivity index (χ3v) is 8.46. The number of carbonyl (C=O) groups excluding carboxylic acids is 1. The molecule has 0 unspecified atom stereocenters. The van der Waals surface area contributed by atoms with Gasteiger partial charge in [-0.1, -0.05) is 37.4 Å². The highest BCUT2D eigenvalue weighted by Crippen LogP contribution is 2.28. The van der Waals surface area contributed by atoms with E-state index in [0.717, 1.165) is 48.8 Å². The van der Waals surface area contributed by atoms with Gasteiger partial charge in [-0.25, -0.2) is 8.42 Å². The summed E-state index contributed by atoms with van der Waals surface area (Å²) in [4.78, 5) is 12.8. The highest BCUT2D eigenvalue weighted by Gasteiger charge is 2.31. The molecule has 4 rings (SSSR count). The zero-order valence-electron chi connectivity index (χ0n) is 19.7. The minimum atomic E-state index is -3.63. The predicted octanol–water partition coefficient (Wildman–Crippen LogP) is 4.95. The van der Waals surface area contributed by atoms with Crippen molar-refractivity contribution in [3.8, 4) is 11.5 Å². The van der Waals surface area contributed by atoms with Gasteiger partial charge in [0.25, 0.3) is 5.91 Å². The standard InChI is InChI=1S/C25H30N4O4S/c1-4-29(21-8-6-5-7-9-21)34(31,32)22-14-12-19(13-15-22)23(30)26-25-28-27-24(33-25)20-11-10-17(2)18(3)16-20/h10-16,21H,4-9H2,1-3H3,(H,26,28,30). The molecule has 34 heavy (non-hydrogen) atoms. The summed E-state index contributed by atoms with van der Waals surface area (Å²) in [7, 11) is -3.63. The lowest BCUT2D eigenvalue weighted by molar-refractivity contribution is 0.102. The van der Waals surface area contributed by atoms with E-state index in [1.165, 1.54) is 24.3 Å². The maximum absolute atomic E-state index is 13.2. The number of rotatable bonds is 7. The van der Waals surface area contributed by atoms with Crippen molar-refractivity contribution in [3.63, 3.8) is 0 Å². The van der Waals surface area contributed by atoms with Crippen molar-refractivity contribution in [2.75, 3.05) is 11.9 Å². The van der Waals surface area contributed by atoms with Gasteiger partial charge >= 0.3 is 6.01 Å². The largest absolute Gasteiger partial charge is 0.403 e. The number of benzene rings is 2. The summed E-state index contributed by atoms with van der Waals surface area (Å²) in [5, 5.41) is 10.5. The zero-order valence-corrected chi connectivity index (χ0v) is 20.6. The Balaban J connectivity index is 1.46. The molecule has 1 N–H and O–H groups in total. The van der Waals surface area contributed by atoms with Crippen LogP contribution in [0.5, 0.6) is 0 Å². The summed E-state index contributed by atoms with van der Waals surface area (Å²) in [5.74, 6) is -0.152. The van der Waals surface area contributed by atoms with Crippen LogP contribution >= 0.6 is 0 Å². The molecule has 3 aromatic rings. The van der Waals surface area contributed by atoms with Crippen LogP contribution in [-0.4, -0.2) is 41.4 Å². The molecule has 0 spiro atoms. The highest BCUT2D eigenvalue weighted by atomic mass is 32.2. The lowest BCUT2D eigenvalue weighted by Gasteiger charge is -2.32. The van der Waals surface area contributed by atoms with Crippen molar-refractivity contribution in [3.05, 3.63) is 59.2 Å². The second-order valence-corrected chi connectivity index (χ2v) is 10.6. The SMILES string of the molecule is CCN(C1CCCCC1)S(=O)(=O)c1ccc(C(=O)Nc2nnc(-c3ccc(C)c(C)c3)o2)cc1. The Morgan fingerprint density at radius 2 is 1.74 bits per heavy atom. The summed E-state index contributed by atoms with van der Waals surface area (Å²) in [5.41, 5.74) is 3.32. The van der Waals surface area contributed by atoms with Crippen LogP contribution in [0.1, 0.15) is 60.5 Å². The Morgan fingerprint density at radius 3 is 2.38 bits per heavy atom. The Labute approximate surface area is 200 Å². The predicted molar refractivity (Wildman–Crippen MR) is 130 cm³/mol. The van der Waals surface area contributed by atoms with Gasteiger partial charge in [-0.05, 0) is 74.2 Å². The first-order valence-electron chi connectivity index (χ1n) is 11.6. The summed E-state index contributed by atoms with van der Waals surface area (Å²) in [6, 6.07) is 11.8. The van der Waals surface area contributed by atoms with Gasteiger partial charge in [-0.3, -0.25) is 10.1 Å². The number of hydrogen-bond acceptors (Lipinski definition) is 6. The van der Waals surface area contributed by atoms with Gasteiger partial charge in [0.15, 0.2) is 0 Å². The molecule has 8 nitrogen and oxygen atoms in total. The number of nitrogens with zero attached hydrogens (tertiary/aromatic N) is 3. The molecular weight excluding hydrogens is 452 g/mol. The first-order valence-corrected chi connectivity index (χ1v) is 13.1. The lowest BCUT2D eigenvalue weighted by Crippen LogP contribution is -2.41. The van der Waals surface area contributed by atoms with Crippen LogP contribution in [0.15, 0.2) is 51.8 Å². The van der Waals surface area contributed by atoms with Gasteiger partial charge in [0.1, 0.15) is 0 Å². The number of nitrogens with one attached hydrogen (secondary N) is 1. The molecule has 0 bridgehead atoms. The molecule has 1 aliphatic carbocycles. The van der Waals surface area contributed by atoms with Gasteiger partial charge < -0.3 is 4.42 Å². The Morgan fingerprint density at radius 1 is 1.03 bits per heavy atom. The van der Waals surface area contributed by atoms with E-state index in [1.54, 1.807) is 4.31 Å². The fourth-order valence-electron chi connectivity index (χ4n) is 4.34. The number of hydrogen-bond donors (Lipinski definition) is 1. The Bertz CT molecular complexity index is 1260. The van der Waals surface area contributed by atoms with Gasteiger partial charge in [0.05, 0.1) is 4.90 Å². The van der Waals surface area contributed by atoms with Crippen LogP contribution in [-0.2, 0) is 10.0 Å². The van der Waals surface area contributed by atoms with Crippen LogP contribution < -0.4 is 5.32 Å². The molecule has 0 saturated heterocycles. The number of aromatic nitrogens is 2. The molecule has 0 atom stereocenters. The first kappa shape index (κ1) is 24.1. The first-order chi connectivity index (χ1) is 16.3. The van der Waals surface area contributed by atoms with E-state index >= 15 is 0 Å². The van der Waals surface area contributed by atoms with E-state index in [2.05, 4.69) is 15.5 Å². The van der Waals surface area contributed by atoms with Crippen molar-refractivity contribution in [2.24, 2.45) is 0 Å². The van der Waals surface area contributed by atoms with Gasteiger partial charge in [-0.15, -0.1) is 5.10 Å². The van der Waals surface area contributed by atoms with Crippen molar-refractivity contribution in [1.82, 2.24) is 14.5 Å². The fourth-order valence-corrected chi connectivity index (χ4v) is 6.04. The summed E-state index contributed by atoms with van der Waals surface area (Å²) < 4.78 is 33.6. The van der Waals surface area contributed by atoms with E-state index in [9.17, 15) is 13.2 Å². The highest BCUT2D eigenvalue weighted by molar-refractivity contribution is 7.89. The summed E-state index contributed by atoms with van der Waals surface area (Å²) in [6.07, 6.45) is 5.04. The third-order valence-electron chi connectivity index (χ3n) is 6.42. The van der Waals surface area contributed by atoms with Gasteiger partial charge in [-0.2, -0.15) is 4.31 Å². The number of amides is 1. The third kappa shape index (κ3) is 5.05. The molecule has 9 heteroatoms. The second-order valence-electron chi connectivity index (χ2n) is 8.69. The van der Waals surface area contributed by atoms with Crippen molar-refractivity contribution in [2.45, 2.75) is 63.8 Å². The molecule has 2 aromatic carbocycles. The molecule has 1 fully saturated rings. The van der Waals surface area contributed by atoms with Crippen LogP contribution in [0.2, 0.25) is 0 Å². The molecule has 0 aliphatic heterocycles. The number of aryl methyl sites for hydroxylation is 2. The number of carbonyl (C=O) groups is 1. The van der Waals surface area contributed by atoms with Gasteiger partial charge in [0, 0.05) is 23.7 Å². The van der Waals surface area contributed by atoms with Gasteiger partial charge in [0.2, 0.25) is 15.9 Å². The van der Waals surface area contributed by atoms with Crippen molar-refractivity contribution < 1.29 is 17.6 Å². The van der Waals surface area contributed by atoms with Crippen molar-refractivity contribution >= 4 is 21.9 Å². The maximum atomic E-state index is 13.2. The molecule has 180 valence electrons. The molecule has 0 radical (unpaired) electrons. The Hall–Kier alpha value is -3.04. The minimum absolute atomic E-state index is 0.0237. The molecule has 1 amide bonds. The monoisotopic (exact) mass is 482 g/mol. The van der Waals surface area contributed by atoms with Crippen LogP contribution in [0.3, 0.4) is 0 Å². The average molecular weight is 483 g/mol. The van der Waals surface area contributed by atoms with E-state index in [-0.39, 0.29) is 17.0 Å². The molecule has 1 saturated carbocycles. The smallest absolute Gasteiger partial charge is 0.322 e. The molecular formula is C25H30N4O4S.